The van der Waals surface area contributed by atoms with Crippen LogP contribution in [0.5, 0.6) is 0 Å². The second-order valence-electron chi connectivity index (χ2n) is 7.09. The van der Waals surface area contributed by atoms with E-state index in [1.165, 1.54) is 11.1 Å². The van der Waals surface area contributed by atoms with Crippen LogP contribution in [0.4, 0.5) is 0 Å². The van der Waals surface area contributed by atoms with Crippen molar-refractivity contribution >= 4 is 0 Å². The van der Waals surface area contributed by atoms with Gasteiger partial charge in [0.25, 0.3) is 0 Å². The molecule has 1 N–H and O–H groups in total. The van der Waals surface area contributed by atoms with Crippen LogP contribution < -0.4 is 5.32 Å². The van der Waals surface area contributed by atoms with Gasteiger partial charge in [-0.25, -0.2) is 0 Å². The Labute approximate surface area is 126 Å². The van der Waals surface area contributed by atoms with E-state index in [1.54, 1.807) is 0 Å². The molecule has 4 nitrogen and oxygen atoms in total. The summed E-state index contributed by atoms with van der Waals surface area (Å²) < 4.78 is 2.27. The molecule has 2 heterocycles. The molecule has 21 heavy (non-hydrogen) atoms. The van der Waals surface area contributed by atoms with Gasteiger partial charge in [0, 0.05) is 18.7 Å². The van der Waals surface area contributed by atoms with Crippen molar-refractivity contribution in [1.82, 2.24) is 20.1 Å². The number of rotatable bonds is 1. The van der Waals surface area contributed by atoms with Crippen molar-refractivity contribution in [3.05, 3.63) is 35.2 Å². The second kappa shape index (κ2) is 4.95. The summed E-state index contributed by atoms with van der Waals surface area (Å²) in [6.45, 7) is 12.9. The van der Waals surface area contributed by atoms with Crippen molar-refractivity contribution < 1.29 is 0 Å². The molecule has 0 fully saturated rings. The lowest BCUT2D eigenvalue weighted by Crippen LogP contribution is -2.40. The molecule has 0 amide bonds. The molecular formula is C17H24N4. The first-order valence-corrected chi connectivity index (χ1v) is 7.62. The van der Waals surface area contributed by atoms with Gasteiger partial charge in [0.15, 0.2) is 11.6 Å². The molecular weight excluding hydrogens is 260 g/mol. The number of aromatic nitrogens is 3. The number of aryl methyl sites for hydroxylation is 2. The lowest BCUT2D eigenvalue weighted by atomic mass is 9.85. The average Bonchev–Trinajstić information content (AvgIpc) is 2.84. The molecule has 4 heteroatoms. The molecule has 1 aliphatic rings. The Bertz CT molecular complexity index is 664. The van der Waals surface area contributed by atoms with Gasteiger partial charge < -0.3 is 9.88 Å². The van der Waals surface area contributed by atoms with Crippen LogP contribution in [0.25, 0.3) is 11.4 Å². The third-order valence-electron chi connectivity index (χ3n) is 4.35. The number of nitrogens with one attached hydrogen (secondary N) is 1. The van der Waals surface area contributed by atoms with Crippen molar-refractivity contribution in [2.24, 2.45) is 5.41 Å². The van der Waals surface area contributed by atoms with Gasteiger partial charge in [-0.3, -0.25) is 0 Å². The molecule has 0 radical (unpaired) electrons. The minimum absolute atomic E-state index is 0.131. The molecule has 112 valence electrons. The molecule has 2 aromatic rings. The molecule has 1 atom stereocenters. The predicted molar refractivity (Wildman–Crippen MR) is 85.1 cm³/mol. The third-order valence-corrected chi connectivity index (χ3v) is 4.35. The largest absolute Gasteiger partial charge is 0.308 e. The Kier molecular flexibility index (Phi) is 3.36. The van der Waals surface area contributed by atoms with Crippen molar-refractivity contribution in [2.75, 3.05) is 6.54 Å². The fourth-order valence-electron chi connectivity index (χ4n) is 2.95. The molecule has 0 saturated heterocycles. The molecule has 0 spiro atoms. The van der Waals surface area contributed by atoms with Gasteiger partial charge in [0.2, 0.25) is 0 Å². The number of benzene rings is 1. The van der Waals surface area contributed by atoms with Gasteiger partial charge in [-0.15, -0.1) is 10.2 Å². The van der Waals surface area contributed by atoms with Crippen LogP contribution in [0.2, 0.25) is 0 Å². The maximum atomic E-state index is 4.48. The van der Waals surface area contributed by atoms with E-state index in [1.807, 2.05) is 0 Å². The van der Waals surface area contributed by atoms with Crippen molar-refractivity contribution in [3.63, 3.8) is 0 Å². The Morgan fingerprint density at radius 1 is 1.14 bits per heavy atom. The highest BCUT2D eigenvalue weighted by Crippen LogP contribution is 2.35. The van der Waals surface area contributed by atoms with Gasteiger partial charge in [-0.05, 0) is 36.5 Å². The molecule has 3 rings (SSSR count). The van der Waals surface area contributed by atoms with E-state index in [4.69, 9.17) is 0 Å². The van der Waals surface area contributed by atoms with Crippen molar-refractivity contribution in [2.45, 2.75) is 47.2 Å². The van der Waals surface area contributed by atoms with E-state index >= 15 is 0 Å². The lowest BCUT2D eigenvalue weighted by molar-refractivity contribution is 0.234. The summed E-state index contributed by atoms with van der Waals surface area (Å²) in [6, 6.07) is 6.77. The maximum absolute atomic E-state index is 4.48. The maximum Gasteiger partial charge on any atom is 0.164 e. The second-order valence-corrected chi connectivity index (χ2v) is 7.09. The van der Waals surface area contributed by atoms with Gasteiger partial charge >= 0.3 is 0 Å². The molecule has 0 bridgehead atoms. The van der Waals surface area contributed by atoms with Gasteiger partial charge in [0.05, 0.1) is 6.04 Å². The first kappa shape index (κ1) is 14.3. The molecule has 0 saturated carbocycles. The summed E-state index contributed by atoms with van der Waals surface area (Å²) in [7, 11) is 0. The van der Waals surface area contributed by atoms with Crippen molar-refractivity contribution in [3.8, 4) is 11.4 Å². The Balaban J connectivity index is 2.07. The van der Waals surface area contributed by atoms with Gasteiger partial charge in [-0.1, -0.05) is 32.9 Å². The SMILES string of the molecule is Cc1ccc(-c2nnc3n2CCNC3C(C)(C)C)cc1C. The highest BCUT2D eigenvalue weighted by molar-refractivity contribution is 5.58. The Hall–Kier alpha value is -1.68. The fourth-order valence-corrected chi connectivity index (χ4v) is 2.95. The smallest absolute Gasteiger partial charge is 0.164 e. The topological polar surface area (TPSA) is 42.7 Å². The van der Waals surface area contributed by atoms with Crippen LogP contribution in [0.1, 0.15) is 43.8 Å². The van der Waals surface area contributed by atoms with Gasteiger partial charge in [0.1, 0.15) is 0 Å². The summed E-state index contributed by atoms with van der Waals surface area (Å²) in [5.74, 6) is 2.05. The monoisotopic (exact) mass is 284 g/mol. The number of hydrogen-bond acceptors (Lipinski definition) is 3. The predicted octanol–water partition coefficient (Wildman–Crippen LogP) is 3.25. The number of fused-ring (bicyclic) bond motifs is 1. The molecule has 0 aliphatic carbocycles. The Morgan fingerprint density at radius 2 is 1.90 bits per heavy atom. The summed E-state index contributed by atoms with van der Waals surface area (Å²) in [6.07, 6.45) is 0. The van der Waals surface area contributed by atoms with Crippen LogP contribution in [0.3, 0.4) is 0 Å². The molecule has 1 aromatic carbocycles. The normalized spacial score (nSPS) is 18.6. The quantitative estimate of drug-likeness (QED) is 0.874. The summed E-state index contributed by atoms with van der Waals surface area (Å²) in [5, 5.41) is 12.5. The van der Waals surface area contributed by atoms with Crippen LogP contribution in [-0.4, -0.2) is 21.3 Å². The van der Waals surface area contributed by atoms with Crippen LogP contribution in [0, 0.1) is 19.3 Å². The van der Waals surface area contributed by atoms with E-state index < -0.39 is 0 Å². The first-order valence-electron chi connectivity index (χ1n) is 7.62. The Morgan fingerprint density at radius 3 is 2.57 bits per heavy atom. The highest BCUT2D eigenvalue weighted by Gasteiger charge is 2.33. The lowest BCUT2D eigenvalue weighted by Gasteiger charge is -2.34. The van der Waals surface area contributed by atoms with E-state index in [-0.39, 0.29) is 11.5 Å². The minimum Gasteiger partial charge on any atom is -0.308 e. The summed E-state index contributed by atoms with van der Waals surface area (Å²) in [4.78, 5) is 0. The van der Waals surface area contributed by atoms with Crippen LogP contribution in [-0.2, 0) is 6.54 Å². The first-order chi connectivity index (χ1) is 9.88. The van der Waals surface area contributed by atoms with Crippen LogP contribution >= 0.6 is 0 Å². The van der Waals surface area contributed by atoms with E-state index in [2.05, 4.69) is 72.9 Å². The zero-order valence-corrected chi connectivity index (χ0v) is 13.6. The van der Waals surface area contributed by atoms with E-state index in [9.17, 15) is 0 Å². The summed E-state index contributed by atoms with van der Waals surface area (Å²) in [5.41, 5.74) is 3.90. The molecule has 1 unspecified atom stereocenters. The zero-order valence-electron chi connectivity index (χ0n) is 13.6. The fraction of sp³-hybridized carbons (Fsp3) is 0.529. The highest BCUT2D eigenvalue weighted by atomic mass is 15.3. The van der Waals surface area contributed by atoms with Crippen LogP contribution in [0.15, 0.2) is 18.2 Å². The van der Waals surface area contributed by atoms with E-state index in [0.29, 0.717) is 0 Å². The number of hydrogen-bond donors (Lipinski definition) is 1. The standard InChI is InChI=1S/C17H24N4/c1-11-6-7-13(10-12(11)2)15-19-20-16-14(17(3,4)5)18-8-9-21(15)16/h6-7,10,14,18H,8-9H2,1-5H3. The third kappa shape index (κ3) is 2.48. The van der Waals surface area contributed by atoms with Crippen molar-refractivity contribution in [1.29, 1.82) is 0 Å². The summed E-state index contributed by atoms with van der Waals surface area (Å²) >= 11 is 0. The number of nitrogens with zero attached hydrogens (tertiary/aromatic N) is 3. The van der Waals surface area contributed by atoms with E-state index in [0.717, 1.165) is 30.3 Å². The zero-order chi connectivity index (χ0) is 15.2. The molecule has 1 aliphatic heterocycles. The average molecular weight is 284 g/mol. The molecule has 1 aromatic heterocycles. The minimum atomic E-state index is 0.131. The van der Waals surface area contributed by atoms with Gasteiger partial charge in [-0.2, -0.15) is 0 Å².